The number of aliphatic hydroxyl groups excluding tert-OH is 1. The first kappa shape index (κ1) is 13.8. The van der Waals surface area contributed by atoms with E-state index in [4.69, 9.17) is 14.6 Å². The molecule has 17 heavy (non-hydrogen) atoms. The Morgan fingerprint density at radius 3 is 2.76 bits per heavy atom. The molecule has 1 amide bonds. The van der Waals surface area contributed by atoms with E-state index in [1.807, 2.05) is 0 Å². The molecule has 2 atom stereocenters. The third kappa shape index (κ3) is 4.60. The quantitative estimate of drug-likeness (QED) is 0.710. The molecule has 0 spiro atoms. The third-order valence-corrected chi connectivity index (χ3v) is 2.23. The van der Waals surface area contributed by atoms with Crippen LogP contribution in [0, 0.1) is 0 Å². The molecule has 2 N–H and O–H groups in total. The highest BCUT2D eigenvalue weighted by atomic mass is 16.6. The fourth-order valence-corrected chi connectivity index (χ4v) is 1.60. The number of aliphatic hydroxyl groups is 1. The average molecular weight is 245 g/mol. The number of hydrogen-bond acceptors (Lipinski definition) is 5. The van der Waals surface area contributed by atoms with Crippen molar-refractivity contribution < 1.29 is 24.2 Å². The Bertz CT molecular complexity index is 297. The second-order valence-corrected chi connectivity index (χ2v) is 5.00. The molecule has 0 radical (unpaired) electrons. The minimum Gasteiger partial charge on any atom is -0.460 e. The Labute approximate surface area is 100 Å². The van der Waals surface area contributed by atoms with Crippen LogP contribution in [0.5, 0.6) is 0 Å². The Morgan fingerprint density at radius 1 is 1.59 bits per heavy atom. The van der Waals surface area contributed by atoms with Gasteiger partial charge in [0.1, 0.15) is 11.7 Å². The van der Waals surface area contributed by atoms with Crippen molar-refractivity contribution in [2.24, 2.45) is 0 Å². The Kier molecular flexibility index (Phi) is 4.34. The van der Waals surface area contributed by atoms with Crippen LogP contribution in [-0.2, 0) is 14.3 Å². The van der Waals surface area contributed by atoms with E-state index in [0.717, 1.165) is 0 Å². The van der Waals surface area contributed by atoms with Crippen molar-refractivity contribution in [1.29, 1.82) is 0 Å². The maximum atomic E-state index is 11.5. The topological polar surface area (TPSA) is 84.9 Å². The molecule has 0 unspecified atom stereocenters. The number of ether oxygens (including phenoxy) is 2. The summed E-state index contributed by atoms with van der Waals surface area (Å²) < 4.78 is 10.1. The average Bonchev–Trinajstić information content (AvgIpc) is 2.43. The van der Waals surface area contributed by atoms with Gasteiger partial charge in [-0.2, -0.15) is 0 Å². The van der Waals surface area contributed by atoms with Gasteiger partial charge in [0, 0.05) is 13.0 Å². The Morgan fingerprint density at radius 2 is 2.24 bits per heavy atom. The molecular formula is C11H19NO5. The van der Waals surface area contributed by atoms with E-state index in [1.165, 1.54) is 0 Å². The molecule has 0 aliphatic carbocycles. The first-order valence-corrected chi connectivity index (χ1v) is 5.61. The number of esters is 1. The lowest BCUT2D eigenvalue weighted by Crippen LogP contribution is -2.43. The van der Waals surface area contributed by atoms with E-state index >= 15 is 0 Å². The van der Waals surface area contributed by atoms with Crippen LogP contribution >= 0.6 is 0 Å². The summed E-state index contributed by atoms with van der Waals surface area (Å²) in [5.74, 6) is -0.371. The van der Waals surface area contributed by atoms with E-state index in [2.05, 4.69) is 5.32 Å². The van der Waals surface area contributed by atoms with E-state index in [1.54, 1.807) is 20.8 Å². The fraction of sp³-hybridized carbons (Fsp3) is 0.818. The van der Waals surface area contributed by atoms with Gasteiger partial charge in [0.15, 0.2) is 0 Å². The summed E-state index contributed by atoms with van der Waals surface area (Å²) in [6.45, 7) is 5.18. The molecule has 1 rings (SSSR count). The van der Waals surface area contributed by atoms with Crippen LogP contribution < -0.4 is 5.32 Å². The summed E-state index contributed by atoms with van der Waals surface area (Å²) in [5.41, 5.74) is -0.583. The van der Waals surface area contributed by atoms with Crippen molar-refractivity contribution in [1.82, 2.24) is 5.32 Å². The Balaban J connectivity index is 2.49. The molecular weight excluding hydrogens is 226 g/mol. The molecule has 0 aromatic rings. The van der Waals surface area contributed by atoms with Crippen LogP contribution in [0.2, 0.25) is 0 Å². The van der Waals surface area contributed by atoms with Crippen molar-refractivity contribution in [2.45, 2.75) is 51.4 Å². The molecule has 1 fully saturated rings. The van der Waals surface area contributed by atoms with Gasteiger partial charge in [-0.05, 0) is 20.8 Å². The van der Waals surface area contributed by atoms with Crippen LogP contribution in [0.3, 0.4) is 0 Å². The van der Waals surface area contributed by atoms with Gasteiger partial charge in [-0.3, -0.25) is 4.79 Å². The SMILES string of the molecule is CC(C)(C)OC(=O)N[C@@H]1CC(=O)O[C@@H]1CCO. The number of carbonyl (C=O) groups is 2. The second kappa shape index (κ2) is 5.35. The molecule has 1 saturated heterocycles. The predicted molar refractivity (Wildman–Crippen MR) is 59.4 cm³/mol. The Hall–Kier alpha value is -1.30. The number of carbonyl (C=O) groups excluding carboxylic acids is 2. The van der Waals surface area contributed by atoms with Gasteiger partial charge in [0.2, 0.25) is 0 Å². The minimum atomic E-state index is -0.583. The van der Waals surface area contributed by atoms with E-state index in [-0.39, 0.29) is 19.0 Å². The highest BCUT2D eigenvalue weighted by Gasteiger charge is 2.36. The van der Waals surface area contributed by atoms with Gasteiger partial charge in [-0.1, -0.05) is 0 Å². The molecule has 1 aliphatic heterocycles. The van der Waals surface area contributed by atoms with Gasteiger partial charge >= 0.3 is 12.1 Å². The fourth-order valence-electron chi connectivity index (χ4n) is 1.60. The summed E-state index contributed by atoms with van der Waals surface area (Å²) in [4.78, 5) is 22.6. The molecule has 6 heteroatoms. The number of cyclic esters (lactones) is 1. The minimum absolute atomic E-state index is 0.0928. The van der Waals surface area contributed by atoms with Gasteiger partial charge in [-0.25, -0.2) is 4.79 Å². The molecule has 0 bridgehead atoms. The maximum Gasteiger partial charge on any atom is 0.408 e. The number of alkyl carbamates (subject to hydrolysis) is 1. The second-order valence-electron chi connectivity index (χ2n) is 5.00. The van der Waals surface area contributed by atoms with E-state index in [0.29, 0.717) is 6.42 Å². The third-order valence-electron chi connectivity index (χ3n) is 2.23. The number of hydrogen-bond donors (Lipinski definition) is 2. The number of rotatable bonds is 3. The van der Waals surface area contributed by atoms with Gasteiger partial charge in [-0.15, -0.1) is 0 Å². The summed E-state index contributed by atoms with van der Waals surface area (Å²) in [7, 11) is 0. The smallest absolute Gasteiger partial charge is 0.408 e. The summed E-state index contributed by atoms with van der Waals surface area (Å²) >= 11 is 0. The summed E-state index contributed by atoms with van der Waals surface area (Å²) in [6, 6.07) is -0.426. The maximum absolute atomic E-state index is 11.5. The summed E-state index contributed by atoms with van der Waals surface area (Å²) in [5, 5.41) is 11.4. The lowest BCUT2D eigenvalue weighted by molar-refractivity contribution is -0.141. The zero-order valence-electron chi connectivity index (χ0n) is 10.4. The lowest BCUT2D eigenvalue weighted by Gasteiger charge is -2.23. The first-order chi connectivity index (χ1) is 7.81. The van der Waals surface area contributed by atoms with Crippen LogP contribution in [0.4, 0.5) is 4.79 Å². The standard InChI is InChI=1S/C11H19NO5/c1-11(2,3)17-10(15)12-7-6-9(14)16-8(7)4-5-13/h7-8,13H,4-6H2,1-3H3,(H,12,15)/t7-,8-/m1/s1. The predicted octanol–water partition coefficient (Wildman–Crippen LogP) is 0.578. The molecule has 1 heterocycles. The van der Waals surface area contributed by atoms with Crippen molar-refractivity contribution in [2.75, 3.05) is 6.61 Å². The zero-order chi connectivity index (χ0) is 13.1. The van der Waals surface area contributed by atoms with Crippen molar-refractivity contribution >= 4 is 12.1 Å². The van der Waals surface area contributed by atoms with Gasteiger partial charge in [0.05, 0.1) is 12.5 Å². The van der Waals surface area contributed by atoms with Crippen molar-refractivity contribution in [3.05, 3.63) is 0 Å². The van der Waals surface area contributed by atoms with E-state index in [9.17, 15) is 9.59 Å². The molecule has 6 nitrogen and oxygen atoms in total. The molecule has 0 saturated carbocycles. The van der Waals surface area contributed by atoms with Crippen LogP contribution in [0.1, 0.15) is 33.6 Å². The monoisotopic (exact) mass is 245 g/mol. The normalized spacial score (nSPS) is 24.4. The first-order valence-electron chi connectivity index (χ1n) is 5.61. The van der Waals surface area contributed by atoms with Crippen LogP contribution in [0.25, 0.3) is 0 Å². The van der Waals surface area contributed by atoms with Crippen molar-refractivity contribution in [3.8, 4) is 0 Å². The lowest BCUT2D eigenvalue weighted by atomic mass is 10.1. The highest BCUT2D eigenvalue weighted by molar-refractivity contribution is 5.75. The largest absolute Gasteiger partial charge is 0.460 e. The summed E-state index contributed by atoms with van der Waals surface area (Å²) in [6.07, 6.45) is -0.625. The number of amides is 1. The van der Waals surface area contributed by atoms with Crippen LogP contribution in [0.15, 0.2) is 0 Å². The highest BCUT2D eigenvalue weighted by Crippen LogP contribution is 2.18. The number of nitrogens with one attached hydrogen (secondary N) is 1. The van der Waals surface area contributed by atoms with Gasteiger partial charge < -0.3 is 19.9 Å². The van der Waals surface area contributed by atoms with E-state index < -0.39 is 23.8 Å². The zero-order valence-corrected chi connectivity index (χ0v) is 10.4. The van der Waals surface area contributed by atoms with Crippen LogP contribution in [-0.4, -0.2) is 41.5 Å². The molecule has 98 valence electrons. The molecule has 0 aromatic carbocycles. The molecule has 0 aromatic heterocycles. The van der Waals surface area contributed by atoms with Gasteiger partial charge in [0.25, 0.3) is 0 Å². The molecule has 1 aliphatic rings. The van der Waals surface area contributed by atoms with Crippen molar-refractivity contribution in [3.63, 3.8) is 0 Å².